The highest BCUT2D eigenvalue weighted by atomic mass is 32.2. The van der Waals surface area contributed by atoms with Crippen LogP contribution in [-0.2, 0) is 20.0 Å². The predicted molar refractivity (Wildman–Crippen MR) is 129 cm³/mol. The van der Waals surface area contributed by atoms with Gasteiger partial charge in [-0.1, -0.05) is 13.8 Å². The van der Waals surface area contributed by atoms with Gasteiger partial charge in [0, 0.05) is 35.4 Å². The Morgan fingerprint density at radius 2 is 1.77 bits per heavy atom. The number of aromatic nitrogens is 4. The Hall–Kier alpha value is -3.29. The maximum Gasteiger partial charge on any atom is 0.478 e. The van der Waals surface area contributed by atoms with Crippen molar-refractivity contribution in [2.45, 2.75) is 50.6 Å². The number of sulfone groups is 1. The fourth-order valence-electron chi connectivity index (χ4n) is 5.72. The molecule has 3 aromatic heterocycles. The number of nitrogens with zero attached hydrogens (tertiary/aromatic N) is 5. The highest BCUT2D eigenvalue weighted by Gasteiger charge is 2.48. The van der Waals surface area contributed by atoms with Crippen molar-refractivity contribution in [1.82, 2.24) is 19.6 Å². The van der Waals surface area contributed by atoms with Crippen LogP contribution in [0.3, 0.4) is 0 Å². The summed E-state index contributed by atoms with van der Waals surface area (Å²) in [6, 6.07) is 1.86. The van der Waals surface area contributed by atoms with Gasteiger partial charge in [0.1, 0.15) is 22.7 Å². The topological polar surface area (TPSA) is 97.3 Å². The van der Waals surface area contributed by atoms with Gasteiger partial charge in [-0.25, -0.2) is 27.1 Å². The molecule has 0 aromatic carbocycles. The van der Waals surface area contributed by atoms with Crippen LogP contribution in [-0.4, -0.2) is 68.9 Å². The Morgan fingerprint density at radius 3 is 2.38 bits per heavy atom. The molecule has 8 nitrogen and oxygen atoms in total. The SMILES string of the molecule is C[N+](C(=O)C1CCS(=O)(=O)CC1)=C(c1cnc([C@@H]2CC(C)(C)c3c2cnc2cc(F)nn32)c(F)c1)C(F)(F)F. The molecule has 1 saturated heterocycles. The minimum absolute atomic E-state index is 0.0828. The molecule has 14 heteroatoms. The van der Waals surface area contributed by atoms with Crippen LogP contribution in [0.4, 0.5) is 22.0 Å². The van der Waals surface area contributed by atoms with Gasteiger partial charge in [-0.2, -0.15) is 22.1 Å². The Kier molecular flexibility index (Phi) is 6.39. The van der Waals surface area contributed by atoms with Crippen LogP contribution >= 0.6 is 0 Å². The lowest BCUT2D eigenvalue weighted by Crippen LogP contribution is -2.40. The van der Waals surface area contributed by atoms with Crippen LogP contribution < -0.4 is 0 Å². The number of amides is 1. The second-order valence-corrected chi connectivity index (χ2v) is 13.0. The first-order valence-electron chi connectivity index (χ1n) is 12.2. The van der Waals surface area contributed by atoms with Gasteiger partial charge in [-0.3, -0.25) is 4.98 Å². The van der Waals surface area contributed by atoms with Crippen LogP contribution in [0.25, 0.3) is 5.65 Å². The van der Waals surface area contributed by atoms with Crippen molar-refractivity contribution in [3.05, 3.63) is 58.8 Å². The molecule has 1 fully saturated rings. The zero-order valence-electron chi connectivity index (χ0n) is 21.3. The molecule has 1 aliphatic heterocycles. The molecular formula is C25H25F5N5O3S+. The first-order valence-corrected chi connectivity index (χ1v) is 14.0. The average Bonchev–Trinajstić information content (AvgIpc) is 3.33. The number of hydrogen-bond acceptors (Lipinski definition) is 6. The number of alkyl halides is 3. The maximum atomic E-state index is 15.5. The second kappa shape index (κ2) is 9.14. The van der Waals surface area contributed by atoms with E-state index in [1.54, 1.807) is 0 Å². The average molecular weight is 571 g/mol. The minimum Gasteiger partial charge on any atom is -0.257 e. The van der Waals surface area contributed by atoms with E-state index in [2.05, 4.69) is 15.1 Å². The van der Waals surface area contributed by atoms with Gasteiger partial charge in [0.15, 0.2) is 5.65 Å². The summed E-state index contributed by atoms with van der Waals surface area (Å²) >= 11 is 0. The van der Waals surface area contributed by atoms with Crippen LogP contribution in [0, 0.1) is 17.7 Å². The summed E-state index contributed by atoms with van der Waals surface area (Å²) in [6.45, 7) is 3.73. The summed E-state index contributed by atoms with van der Waals surface area (Å²) in [4.78, 5) is 21.2. The molecule has 1 amide bonds. The van der Waals surface area contributed by atoms with Crippen LogP contribution in [0.1, 0.15) is 61.5 Å². The standard InChI is InChI=1S/C25H25F5N5O3S/c1-24(2)10-15(16-12-31-19-9-18(27)33-35(19)22(16)24)20-17(26)8-14(11-32-20)21(25(28,29)30)34(3)23(36)13-4-6-39(37,38)7-5-13/h8-9,11-13,15H,4-7,10H2,1-3H3/q+1/t15-/m1/s1. The van der Waals surface area contributed by atoms with Gasteiger partial charge in [-0.05, 0) is 25.3 Å². The van der Waals surface area contributed by atoms with Gasteiger partial charge >= 0.3 is 12.1 Å². The molecule has 0 spiro atoms. The molecule has 0 radical (unpaired) electrons. The molecule has 208 valence electrons. The molecule has 1 atom stereocenters. The molecule has 0 bridgehead atoms. The number of hydrogen-bond donors (Lipinski definition) is 0. The molecular weight excluding hydrogens is 545 g/mol. The summed E-state index contributed by atoms with van der Waals surface area (Å²) in [5.41, 5.74) is -1.31. The number of rotatable bonds is 3. The highest BCUT2D eigenvalue weighted by Crippen LogP contribution is 2.48. The molecule has 3 aromatic rings. The van der Waals surface area contributed by atoms with E-state index in [0.717, 1.165) is 19.3 Å². The van der Waals surface area contributed by atoms with E-state index in [1.165, 1.54) is 10.7 Å². The predicted octanol–water partition coefficient (Wildman–Crippen LogP) is 3.56. The summed E-state index contributed by atoms with van der Waals surface area (Å²) < 4.78 is 96.9. The van der Waals surface area contributed by atoms with E-state index in [0.29, 0.717) is 28.3 Å². The third-order valence-electron chi connectivity index (χ3n) is 7.52. The van der Waals surface area contributed by atoms with Crippen molar-refractivity contribution in [3.63, 3.8) is 0 Å². The quantitative estimate of drug-likeness (QED) is 0.272. The summed E-state index contributed by atoms with van der Waals surface area (Å²) in [5, 5.41) is 3.85. The van der Waals surface area contributed by atoms with E-state index in [4.69, 9.17) is 0 Å². The van der Waals surface area contributed by atoms with Crippen molar-refractivity contribution >= 4 is 27.1 Å². The molecule has 0 saturated carbocycles. The molecule has 4 heterocycles. The van der Waals surface area contributed by atoms with Crippen molar-refractivity contribution < 1.29 is 39.7 Å². The lowest BCUT2D eigenvalue weighted by Gasteiger charge is -2.20. The van der Waals surface area contributed by atoms with Crippen LogP contribution in [0.2, 0.25) is 0 Å². The van der Waals surface area contributed by atoms with Gasteiger partial charge in [0.25, 0.3) is 5.71 Å². The zero-order chi connectivity index (χ0) is 28.5. The lowest BCUT2D eigenvalue weighted by molar-refractivity contribution is -0.431. The molecule has 1 aliphatic carbocycles. The highest BCUT2D eigenvalue weighted by molar-refractivity contribution is 7.91. The number of pyridine rings is 1. The van der Waals surface area contributed by atoms with E-state index >= 15 is 4.39 Å². The largest absolute Gasteiger partial charge is 0.478 e. The maximum absolute atomic E-state index is 15.5. The first kappa shape index (κ1) is 27.3. The first-order chi connectivity index (χ1) is 18.1. The van der Waals surface area contributed by atoms with Crippen molar-refractivity contribution in [1.29, 1.82) is 0 Å². The van der Waals surface area contributed by atoms with Crippen LogP contribution in [0.5, 0.6) is 0 Å². The van der Waals surface area contributed by atoms with E-state index in [1.807, 2.05) is 13.8 Å². The molecule has 5 rings (SSSR count). The monoisotopic (exact) mass is 570 g/mol. The lowest BCUT2D eigenvalue weighted by atomic mass is 9.87. The molecule has 2 aliphatic rings. The van der Waals surface area contributed by atoms with Crippen LogP contribution in [0.15, 0.2) is 24.5 Å². The number of carbonyl (C=O) groups is 1. The Balaban J connectivity index is 1.54. The van der Waals surface area contributed by atoms with E-state index in [9.17, 15) is 30.8 Å². The second-order valence-electron chi connectivity index (χ2n) is 10.7. The number of carbonyl (C=O) groups excluding carboxylic acids is 1. The molecule has 39 heavy (non-hydrogen) atoms. The number of halogens is 5. The third kappa shape index (κ3) is 4.83. The van der Waals surface area contributed by atoms with Crippen molar-refractivity contribution in [2.24, 2.45) is 5.92 Å². The van der Waals surface area contributed by atoms with Crippen molar-refractivity contribution in [2.75, 3.05) is 18.6 Å². The number of fused-ring (bicyclic) bond motifs is 3. The Bertz CT molecular complexity index is 1630. The smallest absolute Gasteiger partial charge is 0.257 e. The zero-order valence-corrected chi connectivity index (χ0v) is 22.1. The van der Waals surface area contributed by atoms with Gasteiger partial charge in [-0.15, -0.1) is 5.10 Å². The Labute approximate surface area is 220 Å². The van der Waals surface area contributed by atoms with Crippen molar-refractivity contribution in [3.8, 4) is 0 Å². The minimum atomic E-state index is -5.03. The fraction of sp³-hybridized carbons (Fsp3) is 0.480. The van der Waals surface area contributed by atoms with Gasteiger partial charge < -0.3 is 0 Å². The van der Waals surface area contributed by atoms with Gasteiger partial charge in [0.05, 0.1) is 34.4 Å². The normalized spacial score (nSPS) is 21.6. The molecule has 0 unspecified atom stereocenters. The fourth-order valence-corrected chi connectivity index (χ4v) is 7.21. The van der Waals surface area contributed by atoms with E-state index in [-0.39, 0.29) is 35.7 Å². The summed E-state index contributed by atoms with van der Waals surface area (Å²) in [5.74, 6) is -4.77. The molecule has 0 N–H and O–H groups in total. The summed E-state index contributed by atoms with van der Waals surface area (Å²) in [7, 11) is -2.38. The summed E-state index contributed by atoms with van der Waals surface area (Å²) in [6.07, 6.45) is -2.51. The Morgan fingerprint density at radius 1 is 1.10 bits per heavy atom. The third-order valence-corrected chi connectivity index (χ3v) is 9.24. The van der Waals surface area contributed by atoms with Gasteiger partial charge in [0.2, 0.25) is 5.95 Å². The van der Waals surface area contributed by atoms with E-state index < -0.39 is 62.2 Å².